The summed E-state index contributed by atoms with van der Waals surface area (Å²) in [5, 5.41) is 9.71. The van der Waals surface area contributed by atoms with Crippen molar-refractivity contribution in [2.24, 2.45) is 4.99 Å². The third kappa shape index (κ3) is 8.14. The zero-order valence-electron chi connectivity index (χ0n) is 13.0. The van der Waals surface area contributed by atoms with Gasteiger partial charge in [0.15, 0.2) is 5.96 Å². The molecule has 1 aromatic carbocycles. The van der Waals surface area contributed by atoms with Crippen molar-refractivity contribution in [3.63, 3.8) is 0 Å². The number of hydrogen-bond acceptors (Lipinski definition) is 3. The van der Waals surface area contributed by atoms with Crippen LogP contribution in [0.1, 0.15) is 13.3 Å². The molecule has 5 nitrogen and oxygen atoms in total. The van der Waals surface area contributed by atoms with Crippen LogP contribution in [0.5, 0.6) is 0 Å². The Kier molecular flexibility index (Phi) is 9.50. The highest BCUT2D eigenvalue weighted by molar-refractivity contribution is 7.99. The summed E-state index contributed by atoms with van der Waals surface area (Å²) in [6.45, 7) is 3.70. The van der Waals surface area contributed by atoms with Crippen LogP contribution < -0.4 is 16.0 Å². The van der Waals surface area contributed by atoms with E-state index in [1.165, 1.54) is 4.90 Å². The first kappa shape index (κ1) is 18.6. The number of hydrogen-bond donors (Lipinski definition) is 3. The number of carbonyl (C=O) groups is 1. The fourth-order valence-corrected chi connectivity index (χ4v) is 2.48. The van der Waals surface area contributed by atoms with Gasteiger partial charge in [-0.1, -0.05) is 18.5 Å². The molecule has 0 aliphatic heterocycles. The molecule has 1 rings (SSSR count). The van der Waals surface area contributed by atoms with Crippen LogP contribution in [-0.2, 0) is 4.79 Å². The van der Waals surface area contributed by atoms with E-state index in [0.29, 0.717) is 12.5 Å². The van der Waals surface area contributed by atoms with Gasteiger partial charge >= 0.3 is 0 Å². The molecule has 1 aromatic rings. The number of guanidine groups is 1. The lowest BCUT2D eigenvalue weighted by Gasteiger charge is -2.11. The number of rotatable bonds is 8. The number of nitrogens with zero attached hydrogens (tertiary/aromatic N) is 1. The first-order valence-corrected chi connectivity index (χ1v) is 8.61. The van der Waals surface area contributed by atoms with Gasteiger partial charge in [0.25, 0.3) is 0 Å². The maximum absolute atomic E-state index is 11.5. The predicted molar refractivity (Wildman–Crippen MR) is 94.8 cm³/mol. The van der Waals surface area contributed by atoms with Gasteiger partial charge in [0.2, 0.25) is 5.91 Å². The molecule has 0 bridgehead atoms. The molecule has 3 N–H and O–H groups in total. The van der Waals surface area contributed by atoms with E-state index in [-0.39, 0.29) is 12.5 Å². The summed E-state index contributed by atoms with van der Waals surface area (Å²) in [4.78, 5) is 16.8. The van der Waals surface area contributed by atoms with Crippen molar-refractivity contribution < 1.29 is 4.79 Å². The Bertz CT molecular complexity index is 479. The van der Waals surface area contributed by atoms with E-state index in [4.69, 9.17) is 11.6 Å². The molecule has 1 amide bonds. The minimum absolute atomic E-state index is 0.0275. The standard InChI is InChI=1S/C15H23ClN4OS/c1-3-8-18-14(21)11-20-15(17-2)19-9-10-22-13-6-4-12(16)5-7-13/h4-7H,3,8-11H2,1-2H3,(H,18,21)(H2,17,19,20). The lowest BCUT2D eigenvalue weighted by atomic mass is 10.4. The van der Waals surface area contributed by atoms with Gasteiger partial charge in [-0.15, -0.1) is 11.8 Å². The summed E-state index contributed by atoms with van der Waals surface area (Å²) in [6, 6.07) is 7.76. The average molecular weight is 343 g/mol. The van der Waals surface area contributed by atoms with Crippen LogP contribution in [0.15, 0.2) is 34.2 Å². The largest absolute Gasteiger partial charge is 0.356 e. The Morgan fingerprint density at radius 3 is 2.55 bits per heavy atom. The smallest absolute Gasteiger partial charge is 0.239 e. The van der Waals surface area contributed by atoms with Gasteiger partial charge in [0, 0.05) is 35.8 Å². The zero-order chi connectivity index (χ0) is 16.2. The highest BCUT2D eigenvalue weighted by atomic mass is 35.5. The summed E-state index contributed by atoms with van der Waals surface area (Å²) in [5.74, 6) is 1.49. The van der Waals surface area contributed by atoms with Crippen LogP contribution in [0.4, 0.5) is 0 Å². The fraction of sp³-hybridized carbons (Fsp3) is 0.467. The van der Waals surface area contributed by atoms with E-state index >= 15 is 0 Å². The predicted octanol–water partition coefficient (Wildman–Crippen LogP) is 2.12. The number of benzene rings is 1. The van der Waals surface area contributed by atoms with E-state index < -0.39 is 0 Å². The number of halogens is 1. The van der Waals surface area contributed by atoms with Crippen molar-refractivity contribution in [1.82, 2.24) is 16.0 Å². The summed E-state index contributed by atoms with van der Waals surface area (Å²) in [7, 11) is 1.69. The Labute approximate surface area is 141 Å². The maximum atomic E-state index is 11.5. The highest BCUT2D eigenvalue weighted by Gasteiger charge is 2.02. The quantitative estimate of drug-likeness (QED) is 0.293. The van der Waals surface area contributed by atoms with Crippen LogP contribution in [0.25, 0.3) is 0 Å². The molecular weight excluding hydrogens is 320 g/mol. The molecule has 0 aliphatic rings. The van der Waals surface area contributed by atoms with Gasteiger partial charge in [-0.3, -0.25) is 9.79 Å². The second kappa shape index (κ2) is 11.2. The van der Waals surface area contributed by atoms with Crippen LogP contribution >= 0.6 is 23.4 Å². The molecule has 7 heteroatoms. The maximum Gasteiger partial charge on any atom is 0.239 e. The highest BCUT2D eigenvalue weighted by Crippen LogP contribution is 2.19. The van der Waals surface area contributed by atoms with E-state index in [2.05, 4.69) is 20.9 Å². The average Bonchev–Trinajstić information content (AvgIpc) is 2.53. The number of carbonyl (C=O) groups excluding carboxylic acids is 1. The zero-order valence-corrected chi connectivity index (χ0v) is 14.6. The summed E-state index contributed by atoms with van der Waals surface area (Å²) in [5.41, 5.74) is 0. The van der Waals surface area contributed by atoms with Gasteiger partial charge < -0.3 is 16.0 Å². The fourth-order valence-electron chi connectivity index (χ4n) is 1.58. The molecule has 0 saturated heterocycles. The first-order chi connectivity index (χ1) is 10.7. The molecule has 122 valence electrons. The number of aliphatic imine (C=N–C) groups is 1. The lowest BCUT2D eigenvalue weighted by Crippen LogP contribution is -2.43. The summed E-state index contributed by atoms with van der Waals surface area (Å²) >= 11 is 7.58. The lowest BCUT2D eigenvalue weighted by molar-refractivity contribution is -0.120. The topological polar surface area (TPSA) is 65.5 Å². The normalized spacial score (nSPS) is 11.1. The number of nitrogens with one attached hydrogen (secondary N) is 3. The Balaban J connectivity index is 2.18. The number of amides is 1. The molecular formula is C15H23ClN4OS. The van der Waals surface area contributed by atoms with E-state index in [1.807, 2.05) is 31.2 Å². The second-order valence-electron chi connectivity index (χ2n) is 4.50. The molecule has 0 fully saturated rings. The van der Waals surface area contributed by atoms with Crippen LogP contribution in [-0.4, -0.2) is 44.3 Å². The van der Waals surface area contributed by atoms with E-state index in [0.717, 1.165) is 23.7 Å². The monoisotopic (exact) mass is 342 g/mol. The van der Waals surface area contributed by atoms with Crippen LogP contribution in [0, 0.1) is 0 Å². The molecule has 0 saturated carbocycles. The third-order valence-electron chi connectivity index (χ3n) is 2.69. The SMILES string of the molecule is CCCNC(=O)CNC(=NC)NCCSc1ccc(Cl)cc1. The summed E-state index contributed by atoms with van der Waals surface area (Å²) in [6.07, 6.45) is 0.931. The Morgan fingerprint density at radius 1 is 1.18 bits per heavy atom. The number of thioether (sulfide) groups is 1. The molecule has 0 spiro atoms. The van der Waals surface area contributed by atoms with Crippen molar-refractivity contribution in [2.75, 3.05) is 32.4 Å². The van der Waals surface area contributed by atoms with E-state index in [9.17, 15) is 4.79 Å². The second-order valence-corrected chi connectivity index (χ2v) is 6.11. The minimum atomic E-state index is -0.0275. The van der Waals surface area contributed by atoms with Crippen molar-refractivity contribution in [2.45, 2.75) is 18.2 Å². The van der Waals surface area contributed by atoms with Crippen molar-refractivity contribution >= 4 is 35.2 Å². The Hall–Kier alpha value is -1.40. The van der Waals surface area contributed by atoms with Crippen molar-refractivity contribution in [1.29, 1.82) is 0 Å². The first-order valence-electron chi connectivity index (χ1n) is 7.25. The van der Waals surface area contributed by atoms with Crippen LogP contribution in [0.2, 0.25) is 5.02 Å². The molecule has 22 heavy (non-hydrogen) atoms. The van der Waals surface area contributed by atoms with Gasteiger partial charge in [-0.25, -0.2) is 0 Å². The third-order valence-corrected chi connectivity index (χ3v) is 3.95. The van der Waals surface area contributed by atoms with Gasteiger partial charge in [-0.2, -0.15) is 0 Å². The van der Waals surface area contributed by atoms with Crippen molar-refractivity contribution in [3.05, 3.63) is 29.3 Å². The minimum Gasteiger partial charge on any atom is -0.356 e. The molecule has 0 atom stereocenters. The molecule has 0 unspecified atom stereocenters. The van der Waals surface area contributed by atoms with Gasteiger partial charge in [-0.05, 0) is 30.7 Å². The van der Waals surface area contributed by atoms with Crippen molar-refractivity contribution in [3.8, 4) is 0 Å². The molecule has 0 aliphatic carbocycles. The molecule has 0 aromatic heterocycles. The van der Waals surface area contributed by atoms with Gasteiger partial charge in [0.1, 0.15) is 0 Å². The van der Waals surface area contributed by atoms with Gasteiger partial charge in [0.05, 0.1) is 6.54 Å². The van der Waals surface area contributed by atoms with E-state index in [1.54, 1.807) is 18.8 Å². The Morgan fingerprint density at radius 2 is 1.91 bits per heavy atom. The molecule has 0 radical (unpaired) electrons. The van der Waals surface area contributed by atoms with Crippen LogP contribution in [0.3, 0.4) is 0 Å². The molecule has 0 heterocycles. The summed E-state index contributed by atoms with van der Waals surface area (Å²) < 4.78 is 0.